The van der Waals surface area contributed by atoms with Gasteiger partial charge in [-0.2, -0.15) is 0 Å². The quantitative estimate of drug-likeness (QED) is 0.827. The van der Waals surface area contributed by atoms with Gasteiger partial charge in [0.2, 0.25) is 0 Å². The molecular weight excluding hydrogens is 238 g/mol. The van der Waals surface area contributed by atoms with Crippen molar-refractivity contribution in [3.8, 4) is 0 Å². The lowest BCUT2D eigenvalue weighted by Gasteiger charge is -2.28. The maximum absolute atomic E-state index is 13.0. The Morgan fingerprint density at radius 2 is 1.89 bits per heavy atom. The number of hydrogen-bond donors (Lipinski definition) is 0. The van der Waals surface area contributed by atoms with Crippen LogP contribution in [0.5, 0.6) is 0 Å². The van der Waals surface area contributed by atoms with Crippen molar-refractivity contribution in [3.05, 3.63) is 35.4 Å². The zero-order valence-electron chi connectivity index (χ0n) is 11.1. The van der Waals surface area contributed by atoms with Crippen LogP contribution in [0.4, 0.5) is 8.78 Å². The van der Waals surface area contributed by atoms with Gasteiger partial charge in [-0.1, -0.05) is 26.8 Å². The average molecular weight is 256 g/mol. The summed E-state index contributed by atoms with van der Waals surface area (Å²) in [6.45, 7) is 5.68. The van der Waals surface area contributed by atoms with Crippen molar-refractivity contribution in [2.24, 2.45) is 5.41 Å². The molecule has 0 heterocycles. The lowest BCUT2D eigenvalue weighted by molar-refractivity contribution is -0.134. The third kappa shape index (κ3) is 3.60. The zero-order chi connectivity index (χ0) is 13.9. The Kier molecular flexibility index (Phi) is 4.57. The monoisotopic (exact) mass is 256 g/mol. The van der Waals surface area contributed by atoms with Gasteiger partial charge in [0.15, 0.2) is 17.4 Å². The number of carbonyl (C=O) groups is 1. The predicted molar refractivity (Wildman–Crippen MR) is 65.3 cm³/mol. The number of rotatable bonds is 4. The van der Waals surface area contributed by atoms with E-state index in [9.17, 15) is 13.6 Å². The van der Waals surface area contributed by atoms with Gasteiger partial charge in [0, 0.05) is 13.5 Å². The summed E-state index contributed by atoms with van der Waals surface area (Å²) in [5.74, 6) is -1.99. The number of benzene rings is 1. The Morgan fingerprint density at radius 1 is 1.28 bits per heavy atom. The van der Waals surface area contributed by atoms with Crippen molar-refractivity contribution in [2.45, 2.75) is 33.3 Å². The molecule has 0 radical (unpaired) electrons. The minimum absolute atomic E-state index is 0.0347. The summed E-state index contributed by atoms with van der Waals surface area (Å²) in [7, 11) is 1.47. The normalized spacial score (nSPS) is 13.4. The highest BCUT2D eigenvalue weighted by molar-refractivity contribution is 5.85. The van der Waals surface area contributed by atoms with Crippen LogP contribution in [0.25, 0.3) is 0 Å². The number of methoxy groups -OCH3 is 1. The van der Waals surface area contributed by atoms with E-state index in [4.69, 9.17) is 4.74 Å². The molecule has 1 rings (SSSR count). The summed E-state index contributed by atoms with van der Waals surface area (Å²) in [4.78, 5) is 12.0. The molecule has 0 spiro atoms. The molecule has 1 atom stereocenters. The van der Waals surface area contributed by atoms with E-state index in [1.807, 2.05) is 20.8 Å². The first kappa shape index (κ1) is 14.8. The molecule has 1 aromatic rings. The molecule has 0 aromatic heterocycles. The third-order valence-electron chi connectivity index (χ3n) is 2.68. The molecule has 1 aromatic carbocycles. The van der Waals surface area contributed by atoms with Crippen LogP contribution in [0.3, 0.4) is 0 Å². The van der Waals surface area contributed by atoms with Gasteiger partial charge in [0.1, 0.15) is 6.10 Å². The highest BCUT2D eigenvalue weighted by Crippen LogP contribution is 2.24. The molecule has 0 saturated heterocycles. The van der Waals surface area contributed by atoms with E-state index in [-0.39, 0.29) is 17.6 Å². The number of ketones is 1. The molecule has 0 bridgehead atoms. The van der Waals surface area contributed by atoms with Gasteiger partial charge >= 0.3 is 0 Å². The van der Waals surface area contributed by atoms with Crippen molar-refractivity contribution < 1.29 is 18.3 Å². The minimum Gasteiger partial charge on any atom is -0.373 e. The highest BCUT2D eigenvalue weighted by atomic mass is 19.2. The largest absolute Gasteiger partial charge is 0.373 e. The number of Topliss-reactive ketones (excluding diaryl/α,β-unsaturated/α-hetero) is 1. The first-order chi connectivity index (χ1) is 8.25. The van der Waals surface area contributed by atoms with Crippen LogP contribution in [0.1, 0.15) is 26.3 Å². The van der Waals surface area contributed by atoms with E-state index in [1.54, 1.807) is 0 Å². The number of halogens is 2. The van der Waals surface area contributed by atoms with Gasteiger partial charge < -0.3 is 4.74 Å². The SMILES string of the molecule is COC(C(=O)Cc1ccc(F)c(F)c1)C(C)(C)C. The van der Waals surface area contributed by atoms with Crippen molar-refractivity contribution in [1.82, 2.24) is 0 Å². The maximum atomic E-state index is 13.0. The molecule has 100 valence electrons. The summed E-state index contributed by atoms with van der Waals surface area (Å²) >= 11 is 0. The van der Waals surface area contributed by atoms with Gasteiger partial charge in [0.25, 0.3) is 0 Å². The molecular formula is C14H18F2O2. The number of hydrogen-bond acceptors (Lipinski definition) is 2. The number of carbonyl (C=O) groups excluding carboxylic acids is 1. The Balaban J connectivity index is 2.83. The molecule has 4 heteroatoms. The van der Waals surface area contributed by atoms with Gasteiger partial charge in [-0.25, -0.2) is 8.78 Å². The molecule has 0 aliphatic rings. The molecule has 0 fully saturated rings. The first-order valence-electron chi connectivity index (χ1n) is 5.75. The van der Waals surface area contributed by atoms with Crippen molar-refractivity contribution >= 4 is 5.78 Å². The second-order valence-electron chi connectivity index (χ2n) is 5.37. The maximum Gasteiger partial charge on any atom is 0.166 e. The van der Waals surface area contributed by atoms with E-state index in [2.05, 4.69) is 0 Å². The van der Waals surface area contributed by atoms with Crippen LogP contribution in [0.2, 0.25) is 0 Å². The first-order valence-corrected chi connectivity index (χ1v) is 5.75. The summed E-state index contributed by atoms with van der Waals surface area (Å²) in [6.07, 6.45) is -0.530. The average Bonchev–Trinajstić information content (AvgIpc) is 2.22. The third-order valence-corrected chi connectivity index (χ3v) is 2.68. The van der Waals surface area contributed by atoms with Crippen LogP contribution < -0.4 is 0 Å². The van der Waals surface area contributed by atoms with E-state index >= 15 is 0 Å². The second kappa shape index (κ2) is 5.57. The van der Waals surface area contributed by atoms with Crippen molar-refractivity contribution in [2.75, 3.05) is 7.11 Å². The van der Waals surface area contributed by atoms with Crippen LogP contribution in [0, 0.1) is 17.0 Å². The Bertz CT molecular complexity index is 436. The van der Waals surface area contributed by atoms with Gasteiger partial charge in [-0.15, -0.1) is 0 Å². The highest BCUT2D eigenvalue weighted by Gasteiger charge is 2.30. The lowest BCUT2D eigenvalue weighted by atomic mass is 9.84. The van der Waals surface area contributed by atoms with Crippen molar-refractivity contribution in [1.29, 1.82) is 0 Å². The van der Waals surface area contributed by atoms with Gasteiger partial charge in [-0.3, -0.25) is 4.79 Å². The van der Waals surface area contributed by atoms with E-state index in [0.29, 0.717) is 5.56 Å². The fourth-order valence-corrected chi connectivity index (χ4v) is 1.91. The van der Waals surface area contributed by atoms with Crippen LogP contribution in [-0.2, 0) is 16.0 Å². The summed E-state index contributed by atoms with van der Waals surface area (Å²) in [6, 6.07) is 3.48. The van der Waals surface area contributed by atoms with Crippen molar-refractivity contribution in [3.63, 3.8) is 0 Å². The Hall–Kier alpha value is -1.29. The molecule has 0 N–H and O–H groups in total. The molecule has 1 unspecified atom stereocenters. The fraction of sp³-hybridized carbons (Fsp3) is 0.500. The Labute approximate surface area is 106 Å². The van der Waals surface area contributed by atoms with E-state index in [0.717, 1.165) is 12.1 Å². The van der Waals surface area contributed by atoms with E-state index in [1.165, 1.54) is 13.2 Å². The van der Waals surface area contributed by atoms with Gasteiger partial charge in [0.05, 0.1) is 0 Å². The van der Waals surface area contributed by atoms with Crippen LogP contribution >= 0.6 is 0 Å². The number of ether oxygens (including phenoxy) is 1. The topological polar surface area (TPSA) is 26.3 Å². The fourth-order valence-electron chi connectivity index (χ4n) is 1.91. The van der Waals surface area contributed by atoms with Crippen LogP contribution in [0.15, 0.2) is 18.2 Å². The Morgan fingerprint density at radius 3 is 2.33 bits per heavy atom. The lowest BCUT2D eigenvalue weighted by Crippen LogP contribution is -2.37. The van der Waals surface area contributed by atoms with Crippen LogP contribution in [-0.4, -0.2) is 19.0 Å². The predicted octanol–water partition coefficient (Wildman–Crippen LogP) is 3.14. The second-order valence-corrected chi connectivity index (χ2v) is 5.37. The molecule has 0 saturated carbocycles. The zero-order valence-corrected chi connectivity index (χ0v) is 11.1. The van der Waals surface area contributed by atoms with E-state index < -0.39 is 17.7 Å². The minimum atomic E-state index is -0.940. The summed E-state index contributed by atoms with van der Waals surface area (Å²) in [5.41, 5.74) is 0.120. The molecule has 0 aliphatic heterocycles. The molecule has 0 aliphatic carbocycles. The standard InChI is InChI=1S/C14H18F2O2/c1-14(2,3)13(18-4)12(17)8-9-5-6-10(15)11(16)7-9/h5-7,13H,8H2,1-4H3. The molecule has 18 heavy (non-hydrogen) atoms. The smallest absolute Gasteiger partial charge is 0.166 e. The van der Waals surface area contributed by atoms with Gasteiger partial charge in [-0.05, 0) is 23.1 Å². The summed E-state index contributed by atoms with van der Waals surface area (Å²) in [5, 5.41) is 0. The summed E-state index contributed by atoms with van der Waals surface area (Å²) < 4.78 is 31.0. The molecule has 0 amide bonds. The molecule has 2 nitrogen and oxygen atoms in total.